The van der Waals surface area contributed by atoms with Gasteiger partial charge in [-0.2, -0.15) is 0 Å². The minimum Gasteiger partial charge on any atom is -0.491 e. The fourth-order valence-electron chi connectivity index (χ4n) is 2.49. The fraction of sp³-hybridized carbons (Fsp3) is 0.471. The average Bonchev–Trinajstić information content (AvgIpc) is 2.83. The summed E-state index contributed by atoms with van der Waals surface area (Å²) in [4.78, 5) is 0. The number of benzene rings is 1. The van der Waals surface area contributed by atoms with Gasteiger partial charge in [0.15, 0.2) is 0 Å². The van der Waals surface area contributed by atoms with Gasteiger partial charge in [0, 0.05) is 18.2 Å². The summed E-state index contributed by atoms with van der Waals surface area (Å²) in [6.07, 6.45) is -0.581. The topological polar surface area (TPSA) is 67.5 Å². The van der Waals surface area contributed by atoms with Gasteiger partial charge < -0.3 is 19.7 Å². The lowest BCUT2D eigenvalue weighted by molar-refractivity contribution is 0.104. The Morgan fingerprint density at radius 3 is 2.64 bits per heavy atom. The highest BCUT2D eigenvalue weighted by Crippen LogP contribution is 2.21. The number of hydrogen-bond donors (Lipinski definition) is 2. The second-order valence-electron chi connectivity index (χ2n) is 5.60. The van der Waals surface area contributed by atoms with E-state index in [4.69, 9.17) is 9.26 Å². The molecule has 2 atom stereocenters. The molecule has 0 fully saturated rings. The Labute approximate surface area is 131 Å². The third kappa shape index (κ3) is 4.08. The maximum Gasteiger partial charge on any atom is 0.138 e. The molecule has 0 spiro atoms. The van der Waals surface area contributed by atoms with E-state index >= 15 is 0 Å². The second-order valence-corrected chi connectivity index (χ2v) is 5.60. The van der Waals surface area contributed by atoms with Crippen molar-refractivity contribution in [3.63, 3.8) is 0 Å². The van der Waals surface area contributed by atoms with E-state index in [-0.39, 0.29) is 12.6 Å². The van der Waals surface area contributed by atoms with E-state index in [0.717, 1.165) is 28.3 Å². The van der Waals surface area contributed by atoms with E-state index in [9.17, 15) is 5.11 Å². The van der Waals surface area contributed by atoms with E-state index in [0.29, 0.717) is 6.54 Å². The first kappa shape index (κ1) is 16.5. The molecule has 0 saturated heterocycles. The molecule has 0 saturated carbocycles. The van der Waals surface area contributed by atoms with Gasteiger partial charge in [-0.15, -0.1) is 0 Å². The molecule has 0 amide bonds. The molecular formula is C17H24N2O3. The zero-order valence-electron chi connectivity index (χ0n) is 13.6. The molecule has 0 radical (unpaired) electrons. The van der Waals surface area contributed by atoms with Crippen LogP contribution in [-0.2, 0) is 0 Å². The van der Waals surface area contributed by atoms with E-state index < -0.39 is 6.10 Å². The van der Waals surface area contributed by atoms with Gasteiger partial charge in [0.25, 0.3) is 0 Å². The Balaban J connectivity index is 1.80. The van der Waals surface area contributed by atoms with Crippen molar-refractivity contribution in [1.29, 1.82) is 0 Å². The minimum atomic E-state index is -0.581. The van der Waals surface area contributed by atoms with Crippen LogP contribution in [0.2, 0.25) is 0 Å². The van der Waals surface area contributed by atoms with Gasteiger partial charge in [-0.3, -0.25) is 0 Å². The molecule has 2 unspecified atom stereocenters. The van der Waals surface area contributed by atoms with Crippen LogP contribution in [0.1, 0.15) is 35.5 Å². The molecule has 0 aliphatic rings. The van der Waals surface area contributed by atoms with Crippen molar-refractivity contribution in [3.05, 3.63) is 46.8 Å². The summed E-state index contributed by atoms with van der Waals surface area (Å²) in [7, 11) is 0. The van der Waals surface area contributed by atoms with E-state index in [1.807, 2.05) is 52.0 Å². The number of ether oxygens (including phenoxy) is 1. The Hall–Kier alpha value is -1.85. The van der Waals surface area contributed by atoms with Crippen molar-refractivity contribution in [2.75, 3.05) is 13.2 Å². The summed E-state index contributed by atoms with van der Waals surface area (Å²) < 4.78 is 10.8. The molecule has 1 heterocycles. The first-order valence-corrected chi connectivity index (χ1v) is 7.51. The standard InChI is InChI=1S/C17H24N2O3/c1-11-7-5-6-8-16(11)21-10-15(20)9-18-12(2)17-13(3)19-22-14(17)4/h5-8,12,15,18,20H,9-10H2,1-4H3. The van der Waals surface area contributed by atoms with Crippen molar-refractivity contribution in [2.45, 2.75) is 39.8 Å². The summed E-state index contributed by atoms with van der Waals surface area (Å²) in [5, 5.41) is 17.3. The lowest BCUT2D eigenvalue weighted by Gasteiger charge is -2.18. The largest absolute Gasteiger partial charge is 0.491 e. The van der Waals surface area contributed by atoms with E-state index in [1.54, 1.807) is 0 Å². The molecule has 0 bridgehead atoms. The number of nitrogens with one attached hydrogen (secondary N) is 1. The normalized spacial score (nSPS) is 13.9. The molecule has 2 N–H and O–H groups in total. The number of para-hydroxylation sites is 1. The van der Waals surface area contributed by atoms with Crippen LogP contribution in [0, 0.1) is 20.8 Å². The van der Waals surface area contributed by atoms with E-state index in [1.165, 1.54) is 0 Å². The molecule has 0 aliphatic carbocycles. The van der Waals surface area contributed by atoms with Crippen LogP contribution in [0.3, 0.4) is 0 Å². The summed E-state index contributed by atoms with van der Waals surface area (Å²) in [6, 6.07) is 7.85. The number of hydrogen-bond acceptors (Lipinski definition) is 5. The van der Waals surface area contributed by atoms with Crippen molar-refractivity contribution < 1.29 is 14.4 Å². The van der Waals surface area contributed by atoms with Crippen LogP contribution in [0.15, 0.2) is 28.8 Å². The van der Waals surface area contributed by atoms with Crippen molar-refractivity contribution in [2.24, 2.45) is 0 Å². The highest BCUT2D eigenvalue weighted by Gasteiger charge is 2.17. The van der Waals surface area contributed by atoms with E-state index in [2.05, 4.69) is 10.5 Å². The van der Waals surface area contributed by atoms with Gasteiger partial charge in [-0.1, -0.05) is 23.4 Å². The smallest absolute Gasteiger partial charge is 0.138 e. The SMILES string of the molecule is Cc1ccccc1OCC(O)CNC(C)c1c(C)noc1C. The van der Waals surface area contributed by atoms with Crippen molar-refractivity contribution >= 4 is 0 Å². The molecule has 5 nitrogen and oxygen atoms in total. The summed E-state index contributed by atoms with van der Waals surface area (Å²) in [5.41, 5.74) is 2.99. The third-order valence-corrected chi connectivity index (χ3v) is 3.71. The number of rotatable bonds is 7. The molecule has 5 heteroatoms. The number of aromatic nitrogens is 1. The molecule has 22 heavy (non-hydrogen) atoms. The van der Waals surface area contributed by atoms with Gasteiger partial charge in [0.1, 0.15) is 24.2 Å². The van der Waals surface area contributed by atoms with Crippen LogP contribution < -0.4 is 10.1 Å². The Bertz CT molecular complexity index is 590. The molecule has 2 aromatic rings. The lowest BCUT2D eigenvalue weighted by Crippen LogP contribution is -2.33. The van der Waals surface area contributed by atoms with Crippen LogP contribution in [0.4, 0.5) is 0 Å². The molecule has 1 aromatic carbocycles. The molecular weight excluding hydrogens is 280 g/mol. The summed E-state index contributed by atoms with van der Waals surface area (Å²) in [5.74, 6) is 1.61. The van der Waals surface area contributed by atoms with Crippen LogP contribution >= 0.6 is 0 Å². The highest BCUT2D eigenvalue weighted by molar-refractivity contribution is 5.31. The zero-order chi connectivity index (χ0) is 16.1. The van der Waals surface area contributed by atoms with Gasteiger partial charge in [0.05, 0.1) is 5.69 Å². The van der Waals surface area contributed by atoms with Gasteiger partial charge in [-0.25, -0.2) is 0 Å². The molecule has 0 aliphatic heterocycles. The fourth-order valence-corrected chi connectivity index (χ4v) is 2.49. The van der Waals surface area contributed by atoms with Gasteiger partial charge >= 0.3 is 0 Å². The first-order chi connectivity index (χ1) is 10.5. The van der Waals surface area contributed by atoms with Crippen LogP contribution in [0.25, 0.3) is 0 Å². The highest BCUT2D eigenvalue weighted by atomic mass is 16.5. The lowest BCUT2D eigenvalue weighted by atomic mass is 10.1. The predicted octanol–water partition coefficient (Wildman–Crippen LogP) is 2.69. The number of aliphatic hydroxyl groups is 1. The second kappa shape index (κ2) is 7.42. The maximum absolute atomic E-state index is 10.1. The average molecular weight is 304 g/mol. The molecule has 1 aromatic heterocycles. The molecule has 120 valence electrons. The van der Waals surface area contributed by atoms with Crippen molar-refractivity contribution in [3.8, 4) is 5.75 Å². The summed E-state index contributed by atoms with van der Waals surface area (Å²) >= 11 is 0. The van der Waals surface area contributed by atoms with Crippen LogP contribution in [0.5, 0.6) is 5.75 Å². The van der Waals surface area contributed by atoms with Gasteiger partial charge in [0.2, 0.25) is 0 Å². The Kier molecular flexibility index (Phi) is 5.57. The minimum absolute atomic E-state index is 0.0689. The first-order valence-electron chi connectivity index (χ1n) is 7.51. The Morgan fingerprint density at radius 1 is 1.27 bits per heavy atom. The third-order valence-electron chi connectivity index (χ3n) is 3.71. The maximum atomic E-state index is 10.1. The van der Waals surface area contributed by atoms with Gasteiger partial charge in [-0.05, 0) is 39.3 Å². The number of nitrogens with zero attached hydrogens (tertiary/aromatic N) is 1. The van der Waals surface area contributed by atoms with Crippen LogP contribution in [-0.4, -0.2) is 29.5 Å². The molecule has 2 rings (SSSR count). The monoisotopic (exact) mass is 304 g/mol. The number of aryl methyl sites for hydroxylation is 3. The number of aliphatic hydroxyl groups excluding tert-OH is 1. The summed E-state index contributed by atoms with van der Waals surface area (Å²) in [6.45, 7) is 8.52. The zero-order valence-corrected chi connectivity index (χ0v) is 13.6. The Morgan fingerprint density at radius 2 is 2.00 bits per heavy atom. The van der Waals surface area contributed by atoms with Crippen molar-refractivity contribution in [1.82, 2.24) is 10.5 Å². The quantitative estimate of drug-likeness (QED) is 0.823. The predicted molar refractivity (Wildman–Crippen MR) is 85.1 cm³/mol.